The molecule has 2 fully saturated rings. The molecule has 2 amide bonds. The first-order valence-electron chi connectivity index (χ1n) is 8.26. The van der Waals surface area contributed by atoms with Gasteiger partial charge in [0, 0.05) is 44.1 Å². The molecular weight excluding hydrogens is 308 g/mol. The molecule has 2 aliphatic rings. The Bertz CT molecular complexity index is 604. The van der Waals surface area contributed by atoms with Gasteiger partial charge in [0.05, 0.1) is 5.92 Å². The van der Waals surface area contributed by atoms with Crippen LogP contribution in [0, 0.1) is 12.8 Å². The summed E-state index contributed by atoms with van der Waals surface area (Å²) in [7, 11) is 1.78. The van der Waals surface area contributed by atoms with Crippen LogP contribution in [-0.4, -0.2) is 54.0 Å². The SMILES string of the molecule is Cc1ccccc1C1CCN(C(=O)C2CC(=O)N(C)C2)CCS1. The molecule has 1 aromatic rings. The van der Waals surface area contributed by atoms with E-state index in [1.807, 2.05) is 16.7 Å². The number of rotatable bonds is 2. The lowest BCUT2D eigenvalue weighted by Gasteiger charge is -2.23. The van der Waals surface area contributed by atoms with Crippen molar-refractivity contribution < 1.29 is 9.59 Å². The van der Waals surface area contributed by atoms with Gasteiger partial charge in [-0.1, -0.05) is 24.3 Å². The molecule has 0 spiro atoms. The highest BCUT2D eigenvalue weighted by Crippen LogP contribution is 2.36. The highest BCUT2D eigenvalue weighted by atomic mass is 32.2. The number of amides is 2. The lowest BCUT2D eigenvalue weighted by molar-refractivity contribution is -0.135. The molecule has 23 heavy (non-hydrogen) atoms. The van der Waals surface area contributed by atoms with Crippen molar-refractivity contribution in [2.45, 2.75) is 25.0 Å². The molecule has 1 aromatic carbocycles. The molecule has 0 radical (unpaired) electrons. The van der Waals surface area contributed by atoms with Gasteiger partial charge in [0.25, 0.3) is 0 Å². The topological polar surface area (TPSA) is 40.6 Å². The van der Waals surface area contributed by atoms with Crippen molar-refractivity contribution in [1.29, 1.82) is 0 Å². The van der Waals surface area contributed by atoms with Gasteiger partial charge in [0.1, 0.15) is 0 Å². The van der Waals surface area contributed by atoms with Gasteiger partial charge in [0.15, 0.2) is 0 Å². The first-order chi connectivity index (χ1) is 11.1. The van der Waals surface area contributed by atoms with E-state index < -0.39 is 0 Å². The quantitative estimate of drug-likeness (QED) is 0.835. The Hall–Kier alpha value is -1.49. The maximum Gasteiger partial charge on any atom is 0.228 e. The molecule has 2 heterocycles. The fourth-order valence-corrected chi connectivity index (χ4v) is 4.80. The van der Waals surface area contributed by atoms with Crippen LogP contribution in [0.4, 0.5) is 0 Å². The van der Waals surface area contributed by atoms with Crippen LogP contribution in [0.15, 0.2) is 24.3 Å². The van der Waals surface area contributed by atoms with E-state index in [1.54, 1.807) is 11.9 Å². The lowest BCUT2D eigenvalue weighted by atomic mass is 10.0. The summed E-state index contributed by atoms with van der Waals surface area (Å²) in [5, 5.41) is 0.460. The Morgan fingerprint density at radius 1 is 1.26 bits per heavy atom. The number of aryl methyl sites for hydroxylation is 1. The van der Waals surface area contributed by atoms with E-state index in [1.165, 1.54) is 11.1 Å². The zero-order chi connectivity index (χ0) is 16.4. The highest BCUT2D eigenvalue weighted by molar-refractivity contribution is 7.99. The van der Waals surface area contributed by atoms with Crippen molar-refractivity contribution >= 4 is 23.6 Å². The normalized spacial score (nSPS) is 25.6. The summed E-state index contributed by atoms with van der Waals surface area (Å²) in [5.41, 5.74) is 2.72. The van der Waals surface area contributed by atoms with Crippen LogP contribution in [0.2, 0.25) is 0 Å². The van der Waals surface area contributed by atoms with Crippen molar-refractivity contribution in [2.75, 3.05) is 32.4 Å². The number of hydrogen-bond donors (Lipinski definition) is 0. The van der Waals surface area contributed by atoms with Crippen molar-refractivity contribution in [3.8, 4) is 0 Å². The van der Waals surface area contributed by atoms with Crippen molar-refractivity contribution in [3.63, 3.8) is 0 Å². The zero-order valence-electron chi connectivity index (χ0n) is 13.8. The van der Waals surface area contributed by atoms with Gasteiger partial charge in [-0.25, -0.2) is 0 Å². The maximum absolute atomic E-state index is 12.7. The van der Waals surface area contributed by atoms with Crippen LogP contribution in [0.1, 0.15) is 29.2 Å². The van der Waals surface area contributed by atoms with Gasteiger partial charge < -0.3 is 9.80 Å². The average Bonchev–Trinajstić information content (AvgIpc) is 2.76. The van der Waals surface area contributed by atoms with E-state index in [4.69, 9.17) is 0 Å². The van der Waals surface area contributed by atoms with Crippen molar-refractivity contribution in [1.82, 2.24) is 9.80 Å². The second kappa shape index (κ2) is 6.95. The molecule has 2 saturated heterocycles. The Morgan fingerprint density at radius 3 is 2.74 bits per heavy atom. The summed E-state index contributed by atoms with van der Waals surface area (Å²) in [6.07, 6.45) is 1.36. The number of benzene rings is 1. The lowest BCUT2D eigenvalue weighted by Crippen LogP contribution is -2.38. The second-order valence-electron chi connectivity index (χ2n) is 6.51. The average molecular weight is 332 g/mol. The predicted molar refractivity (Wildman–Crippen MR) is 93.3 cm³/mol. The maximum atomic E-state index is 12.7. The molecule has 124 valence electrons. The minimum absolute atomic E-state index is 0.0883. The molecule has 2 aliphatic heterocycles. The molecule has 0 bridgehead atoms. The molecule has 4 nitrogen and oxygen atoms in total. The fourth-order valence-electron chi connectivity index (χ4n) is 3.47. The van der Waals surface area contributed by atoms with E-state index in [-0.39, 0.29) is 17.7 Å². The van der Waals surface area contributed by atoms with E-state index in [0.29, 0.717) is 18.2 Å². The Balaban J connectivity index is 1.64. The molecule has 3 rings (SSSR count). The first kappa shape index (κ1) is 16.4. The summed E-state index contributed by atoms with van der Waals surface area (Å²) >= 11 is 1.94. The van der Waals surface area contributed by atoms with Gasteiger partial charge in [-0.3, -0.25) is 9.59 Å². The van der Waals surface area contributed by atoms with Crippen molar-refractivity contribution in [2.24, 2.45) is 5.92 Å². The van der Waals surface area contributed by atoms with E-state index in [2.05, 4.69) is 31.2 Å². The van der Waals surface area contributed by atoms with Crippen LogP contribution in [0.5, 0.6) is 0 Å². The minimum Gasteiger partial charge on any atom is -0.345 e. The van der Waals surface area contributed by atoms with Crippen LogP contribution in [0.25, 0.3) is 0 Å². The molecule has 0 aliphatic carbocycles. The third kappa shape index (κ3) is 3.55. The molecule has 0 aromatic heterocycles. The Labute approximate surface area is 142 Å². The predicted octanol–water partition coefficient (Wildman–Crippen LogP) is 2.48. The first-order valence-corrected chi connectivity index (χ1v) is 9.31. The molecule has 5 heteroatoms. The van der Waals surface area contributed by atoms with Gasteiger partial charge in [-0.05, 0) is 24.5 Å². The van der Waals surface area contributed by atoms with Crippen LogP contribution >= 0.6 is 11.8 Å². The van der Waals surface area contributed by atoms with Gasteiger partial charge in [0.2, 0.25) is 11.8 Å². The van der Waals surface area contributed by atoms with Crippen LogP contribution in [-0.2, 0) is 9.59 Å². The zero-order valence-corrected chi connectivity index (χ0v) is 14.6. The van der Waals surface area contributed by atoms with Crippen LogP contribution < -0.4 is 0 Å². The summed E-state index contributed by atoms with van der Waals surface area (Å²) in [6, 6.07) is 8.53. The fraction of sp³-hybridized carbons (Fsp3) is 0.556. The summed E-state index contributed by atoms with van der Waals surface area (Å²) in [4.78, 5) is 28.0. The molecule has 0 saturated carbocycles. The van der Waals surface area contributed by atoms with E-state index >= 15 is 0 Å². The van der Waals surface area contributed by atoms with Gasteiger partial charge in [-0.2, -0.15) is 11.8 Å². The summed E-state index contributed by atoms with van der Waals surface area (Å²) < 4.78 is 0. The minimum atomic E-state index is -0.146. The number of thioether (sulfide) groups is 1. The van der Waals surface area contributed by atoms with E-state index in [0.717, 1.165) is 25.3 Å². The molecular formula is C18H24N2O2S. The van der Waals surface area contributed by atoms with Crippen molar-refractivity contribution in [3.05, 3.63) is 35.4 Å². The Kier molecular flexibility index (Phi) is 4.95. The molecule has 2 unspecified atom stereocenters. The monoisotopic (exact) mass is 332 g/mol. The molecule has 0 N–H and O–H groups in total. The Morgan fingerprint density at radius 2 is 2.04 bits per heavy atom. The molecule has 2 atom stereocenters. The largest absolute Gasteiger partial charge is 0.345 e. The number of likely N-dealkylation sites (tertiary alicyclic amines) is 1. The number of nitrogens with zero attached hydrogens (tertiary/aromatic N) is 2. The summed E-state index contributed by atoms with van der Waals surface area (Å²) in [5.74, 6) is 1.06. The third-order valence-electron chi connectivity index (χ3n) is 4.88. The number of carbonyl (C=O) groups excluding carboxylic acids is 2. The van der Waals surface area contributed by atoms with Gasteiger partial charge >= 0.3 is 0 Å². The van der Waals surface area contributed by atoms with Crippen LogP contribution in [0.3, 0.4) is 0 Å². The smallest absolute Gasteiger partial charge is 0.228 e. The standard InChI is InChI=1S/C18H24N2O2S/c1-13-5-3-4-6-15(13)16-7-8-20(9-10-23-16)18(22)14-11-17(21)19(2)12-14/h3-6,14,16H,7-12H2,1-2H3. The van der Waals surface area contributed by atoms with Gasteiger partial charge in [-0.15, -0.1) is 0 Å². The number of carbonyl (C=O) groups is 2. The summed E-state index contributed by atoms with van der Waals surface area (Å²) in [6.45, 7) is 4.31. The second-order valence-corrected chi connectivity index (χ2v) is 7.82. The third-order valence-corrected chi connectivity index (χ3v) is 6.19. The van der Waals surface area contributed by atoms with E-state index in [9.17, 15) is 9.59 Å². The highest BCUT2D eigenvalue weighted by Gasteiger charge is 2.35. The number of hydrogen-bond acceptors (Lipinski definition) is 3.